The van der Waals surface area contributed by atoms with E-state index in [2.05, 4.69) is 19.3 Å². The minimum atomic E-state index is 0.487. The molecule has 0 aromatic carbocycles. The number of nitrogens with one attached hydrogen (secondary N) is 1. The maximum Gasteiger partial charge on any atom is 0.0728 e. The van der Waals surface area contributed by atoms with E-state index in [1.165, 1.54) is 57.8 Å². The SMILES string of the molecule is CCCCCCCCC(NC)C1CCCO1. The van der Waals surface area contributed by atoms with Crippen LogP contribution in [-0.4, -0.2) is 25.8 Å². The molecule has 2 nitrogen and oxygen atoms in total. The van der Waals surface area contributed by atoms with Gasteiger partial charge in [0.1, 0.15) is 0 Å². The fourth-order valence-electron chi connectivity index (χ4n) is 2.58. The molecule has 2 unspecified atom stereocenters. The highest BCUT2D eigenvalue weighted by Gasteiger charge is 2.23. The third-order valence-corrected chi connectivity index (χ3v) is 3.65. The standard InChI is InChI=1S/C14H29NO/c1-3-4-5-6-7-8-10-13(15-2)14-11-9-12-16-14/h13-15H,3-12H2,1-2H3. The lowest BCUT2D eigenvalue weighted by molar-refractivity contribution is 0.0772. The lowest BCUT2D eigenvalue weighted by Gasteiger charge is -2.22. The third-order valence-electron chi connectivity index (χ3n) is 3.65. The van der Waals surface area contributed by atoms with Gasteiger partial charge < -0.3 is 10.1 Å². The Hall–Kier alpha value is -0.0800. The molecule has 1 heterocycles. The Morgan fingerprint density at radius 2 is 1.94 bits per heavy atom. The van der Waals surface area contributed by atoms with Crippen molar-refractivity contribution in [2.75, 3.05) is 13.7 Å². The van der Waals surface area contributed by atoms with Crippen molar-refractivity contribution in [2.45, 2.75) is 76.9 Å². The number of likely N-dealkylation sites (N-methyl/N-ethyl adjacent to an activating group) is 1. The molecule has 0 aromatic rings. The molecule has 1 N–H and O–H groups in total. The predicted molar refractivity (Wildman–Crippen MR) is 69.8 cm³/mol. The van der Waals surface area contributed by atoms with Gasteiger partial charge in [0, 0.05) is 12.6 Å². The summed E-state index contributed by atoms with van der Waals surface area (Å²) in [7, 11) is 2.07. The highest BCUT2D eigenvalue weighted by atomic mass is 16.5. The normalized spacial score (nSPS) is 22.5. The fourth-order valence-corrected chi connectivity index (χ4v) is 2.58. The summed E-state index contributed by atoms with van der Waals surface area (Å²) in [6, 6.07) is 0.591. The molecule has 96 valence electrons. The van der Waals surface area contributed by atoms with E-state index in [4.69, 9.17) is 4.74 Å². The molecule has 16 heavy (non-hydrogen) atoms. The number of hydrogen-bond donors (Lipinski definition) is 1. The lowest BCUT2D eigenvalue weighted by atomic mass is 10.0. The summed E-state index contributed by atoms with van der Waals surface area (Å²) in [5.74, 6) is 0. The molecule has 1 rings (SSSR count). The summed E-state index contributed by atoms with van der Waals surface area (Å²) in [5, 5.41) is 3.42. The molecule has 0 saturated carbocycles. The molecule has 0 spiro atoms. The smallest absolute Gasteiger partial charge is 0.0728 e. The largest absolute Gasteiger partial charge is 0.377 e. The number of ether oxygens (including phenoxy) is 1. The van der Waals surface area contributed by atoms with Crippen LogP contribution in [0.2, 0.25) is 0 Å². The average Bonchev–Trinajstić information content (AvgIpc) is 2.82. The van der Waals surface area contributed by atoms with Gasteiger partial charge in [-0.25, -0.2) is 0 Å². The minimum absolute atomic E-state index is 0.487. The van der Waals surface area contributed by atoms with Crippen LogP contribution >= 0.6 is 0 Å². The molecule has 2 atom stereocenters. The topological polar surface area (TPSA) is 21.3 Å². The predicted octanol–water partition coefficient (Wildman–Crippen LogP) is 3.50. The van der Waals surface area contributed by atoms with E-state index in [1.807, 2.05) is 0 Å². The van der Waals surface area contributed by atoms with Crippen LogP contribution in [0.1, 0.15) is 64.7 Å². The van der Waals surface area contributed by atoms with Crippen molar-refractivity contribution in [3.8, 4) is 0 Å². The van der Waals surface area contributed by atoms with Gasteiger partial charge in [-0.15, -0.1) is 0 Å². The van der Waals surface area contributed by atoms with E-state index < -0.39 is 0 Å². The summed E-state index contributed by atoms with van der Waals surface area (Å²) < 4.78 is 5.74. The second kappa shape index (κ2) is 9.00. The molecule has 0 radical (unpaired) electrons. The Morgan fingerprint density at radius 3 is 2.56 bits per heavy atom. The molecule has 0 bridgehead atoms. The molecule has 0 amide bonds. The number of hydrogen-bond acceptors (Lipinski definition) is 2. The number of unbranched alkanes of at least 4 members (excludes halogenated alkanes) is 5. The van der Waals surface area contributed by atoms with E-state index in [1.54, 1.807) is 0 Å². The molecule has 1 aliphatic rings. The molecule has 1 aliphatic heterocycles. The van der Waals surface area contributed by atoms with Crippen molar-refractivity contribution in [2.24, 2.45) is 0 Å². The van der Waals surface area contributed by atoms with Crippen molar-refractivity contribution < 1.29 is 4.74 Å². The van der Waals surface area contributed by atoms with Crippen molar-refractivity contribution in [1.82, 2.24) is 5.32 Å². The Balaban J connectivity index is 2.00. The van der Waals surface area contributed by atoms with Crippen LogP contribution in [0.4, 0.5) is 0 Å². The van der Waals surface area contributed by atoms with Gasteiger partial charge in [-0.3, -0.25) is 0 Å². The summed E-state index contributed by atoms with van der Waals surface area (Å²) in [6.45, 7) is 3.24. The number of rotatable bonds is 9. The van der Waals surface area contributed by atoms with Crippen LogP contribution < -0.4 is 5.32 Å². The Morgan fingerprint density at radius 1 is 1.19 bits per heavy atom. The van der Waals surface area contributed by atoms with E-state index in [0.29, 0.717) is 12.1 Å². The van der Waals surface area contributed by atoms with Crippen molar-refractivity contribution in [1.29, 1.82) is 0 Å². The minimum Gasteiger partial charge on any atom is -0.377 e. The zero-order chi connectivity index (χ0) is 11.6. The van der Waals surface area contributed by atoms with Crippen LogP contribution in [0.25, 0.3) is 0 Å². The molecule has 2 heteroatoms. The van der Waals surface area contributed by atoms with Crippen molar-refractivity contribution in [3.63, 3.8) is 0 Å². The van der Waals surface area contributed by atoms with E-state index in [0.717, 1.165) is 6.61 Å². The first-order valence-electron chi connectivity index (χ1n) is 7.17. The van der Waals surface area contributed by atoms with Crippen LogP contribution in [0.15, 0.2) is 0 Å². The van der Waals surface area contributed by atoms with Gasteiger partial charge in [0.25, 0.3) is 0 Å². The van der Waals surface area contributed by atoms with E-state index in [9.17, 15) is 0 Å². The molecule has 0 aromatic heterocycles. The van der Waals surface area contributed by atoms with Crippen LogP contribution in [-0.2, 0) is 4.74 Å². The van der Waals surface area contributed by atoms with Gasteiger partial charge in [0.2, 0.25) is 0 Å². The summed E-state index contributed by atoms with van der Waals surface area (Å²) in [5.41, 5.74) is 0. The quantitative estimate of drug-likeness (QED) is 0.609. The highest BCUT2D eigenvalue weighted by Crippen LogP contribution is 2.19. The van der Waals surface area contributed by atoms with Gasteiger partial charge in [0.05, 0.1) is 6.10 Å². The highest BCUT2D eigenvalue weighted by molar-refractivity contribution is 4.79. The monoisotopic (exact) mass is 227 g/mol. The first kappa shape index (κ1) is 14.0. The van der Waals surface area contributed by atoms with Crippen molar-refractivity contribution in [3.05, 3.63) is 0 Å². The van der Waals surface area contributed by atoms with E-state index >= 15 is 0 Å². The Bertz CT molecular complexity index is 155. The average molecular weight is 227 g/mol. The third kappa shape index (κ3) is 5.31. The Kier molecular flexibility index (Phi) is 7.87. The van der Waals surface area contributed by atoms with Gasteiger partial charge in [-0.05, 0) is 26.3 Å². The van der Waals surface area contributed by atoms with Crippen LogP contribution in [0, 0.1) is 0 Å². The zero-order valence-corrected chi connectivity index (χ0v) is 11.1. The fraction of sp³-hybridized carbons (Fsp3) is 1.00. The molecular formula is C14H29NO. The van der Waals surface area contributed by atoms with Gasteiger partial charge in [-0.1, -0.05) is 45.4 Å². The van der Waals surface area contributed by atoms with E-state index in [-0.39, 0.29) is 0 Å². The van der Waals surface area contributed by atoms with Gasteiger partial charge >= 0.3 is 0 Å². The maximum atomic E-state index is 5.74. The first-order chi connectivity index (χ1) is 7.88. The van der Waals surface area contributed by atoms with Gasteiger partial charge in [-0.2, -0.15) is 0 Å². The van der Waals surface area contributed by atoms with Gasteiger partial charge in [0.15, 0.2) is 0 Å². The zero-order valence-electron chi connectivity index (χ0n) is 11.1. The maximum absolute atomic E-state index is 5.74. The summed E-state index contributed by atoms with van der Waals surface area (Å²) in [4.78, 5) is 0. The summed E-state index contributed by atoms with van der Waals surface area (Å²) >= 11 is 0. The van der Waals surface area contributed by atoms with Crippen LogP contribution in [0.3, 0.4) is 0 Å². The molecule has 1 saturated heterocycles. The Labute approximate surface area is 101 Å². The molecular weight excluding hydrogens is 198 g/mol. The first-order valence-corrected chi connectivity index (χ1v) is 7.17. The lowest BCUT2D eigenvalue weighted by Crippen LogP contribution is -2.37. The van der Waals surface area contributed by atoms with Crippen LogP contribution in [0.5, 0.6) is 0 Å². The molecule has 0 aliphatic carbocycles. The molecule has 1 fully saturated rings. The second-order valence-electron chi connectivity index (χ2n) is 5.00. The summed E-state index contributed by atoms with van der Waals surface area (Å²) in [6.07, 6.45) is 12.6. The second-order valence-corrected chi connectivity index (χ2v) is 5.00. The van der Waals surface area contributed by atoms with Crippen molar-refractivity contribution >= 4 is 0 Å².